The number of piperazine rings is 1. The van der Waals surface area contributed by atoms with Gasteiger partial charge in [-0.15, -0.1) is 0 Å². The van der Waals surface area contributed by atoms with Crippen LogP contribution < -0.4 is 4.74 Å². The number of aromatic nitrogens is 1. The van der Waals surface area contributed by atoms with Gasteiger partial charge in [-0.2, -0.15) is 0 Å². The summed E-state index contributed by atoms with van der Waals surface area (Å²) in [6.07, 6.45) is 8.93. The third kappa shape index (κ3) is 4.44. The first-order valence-electron chi connectivity index (χ1n) is 10.8. The molecule has 2 aliphatic heterocycles. The van der Waals surface area contributed by atoms with Crippen molar-refractivity contribution in [3.05, 3.63) is 64.9 Å². The van der Waals surface area contributed by atoms with Gasteiger partial charge in [0.15, 0.2) is 0 Å². The highest BCUT2D eigenvalue weighted by atomic mass is 16.5. The van der Waals surface area contributed by atoms with Crippen molar-refractivity contribution >= 4 is 23.8 Å². The predicted molar refractivity (Wildman–Crippen MR) is 122 cm³/mol. The number of nitrogens with zero attached hydrogens (tertiary/aromatic N) is 4. The fraction of sp³-hybridized carbons (Fsp3) is 0.320. The number of rotatable bonds is 5. The number of carbonyl (C=O) groups is 1. The number of allylic oxidation sites excluding steroid dienone is 1. The van der Waals surface area contributed by atoms with E-state index in [1.165, 1.54) is 22.3 Å². The van der Waals surface area contributed by atoms with Crippen molar-refractivity contribution in [1.82, 2.24) is 14.8 Å². The Morgan fingerprint density at radius 3 is 2.71 bits per heavy atom. The van der Waals surface area contributed by atoms with Crippen LogP contribution in [0.15, 0.2) is 53.2 Å². The van der Waals surface area contributed by atoms with E-state index < -0.39 is 0 Å². The first-order chi connectivity index (χ1) is 15.1. The molecule has 31 heavy (non-hydrogen) atoms. The second kappa shape index (κ2) is 8.47. The predicted octanol–water partition coefficient (Wildman–Crippen LogP) is 3.45. The van der Waals surface area contributed by atoms with Gasteiger partial charge in [0, 0.05) is 58.1 Å². The zero-order chi connectivity index (χ0) is 21.2. The normalized spacial score (nSPS) is 18.0. The van der Waals surface area contributed by atoms with Crippen LogP contribution in [-0.4, -0.2) is 66.2 Å². The van der Waals surface area contributed by atoms with Gasteiger partial charge in [-0.3, -0.25) is 14.7 Å². The van der Waals surface area contributed by atoms with Crippen molar-refractivity contribution in [1.29, 1.82) is 0 Å². The summed E-state index contributed by atoms with van der Waals surface area (Å²) < 4.78 is 6.01. The van der Waals surface area contributed by atoms with Crippen LogP contribution in [0.1, 0.15) is 23.6 Å². The lowest BCUT2D eigenvalue weighted by molar-refractivity contribution is -0.130. The molecular weight excluding hydrogens is 388 g/mol. The molecule has 6 heteroatoms. The van der Waals surface area contributed by atoms with Gasteiger partial charge in [0.1, 0.15) is 5.75 Å². The fourth-order valence-corrected chi connectivity index (χ4v) is 4.35. The van der Waals surface area contributed by atoms with Crippen molar-refractivity contribution in [3.8, 4) is 11.6 Å². The van der Waals surface area contributed by atoms with Crippen molar-refractivity contribution < 1.29 is 9.53 Å². The zero-order valence-electron chi connectivity index (χ0n) is 17.8. The number of aliphatic imine (C=N–C) groups is 1. The summed E-state index contributed by atoms with van der Waals surface area (Å²) in [5.74, 6) is 1.58. The Kier molecular flexibility index (Phi) is 5.38. The van der Waals surface area contributed by atoms with Crippen LogP contribution in [-0.2, 0) is 11.2 Å². The second-order valence-corrected chi connectivity index (χ2v) is 8.29. The van der Waals surface area contributed by atoms with E-state index in [9.17, 15) is 4.79 Å². The third-order valence-corrected chi connectivity index (χ3v) is 6.11. The minimum absolute atomic E-state index is 0.174. The molecule has 0 spiro atoms. The van der Waals surface area contributed by atoms with Crippen molar-refractivity contribution in [2.75, 3.05) is 39.3 Å². The van der Waals surface area contributed by atoms with Crippen LogP contribution in [0.5, 0.6) is 11.6 Å². The number of pyridine rings is 1. The highest BCUT2D eigenvalue weighted by molar-refractivity contribution is 5.89. The molecule has 0 N–H and O–H groups in total. The van der Waals surface area contributed by atoms with Crippen LogP contribution >= 0.6 is 0 Å². The number of carbonyl (C=O) groups excluding carboxylic acids is 1. The molecule has 0 saturated carbocycles. The molecule has 3 aliphatic rings. The summed E-state index contributed by atoms with van der Waals surface area (Å²) >= 11 is 0. The summed E-state index contributed by atoms with van der Waals surface area (Å²) in [7, 11) is 0. The van der Waals surface area contributed by atoms with Gasteiger partial charge < -0.3 is 9.64 Å². The van der Waals surface area contributed by atoms with Gasteiger partial charge >= 0.3 is 0 Å². The number of fused-ring (bicyclic) bond motifs is 1. The summed E-state index contributed by atoms with van der Waals surface area (Å²) in [6.45, 7) is 6.84. The lowest BCUT2D eigenvalue weighted by atomic mass is 10.1. The Labute approximate surface area is 182 Å². The second-order valence-electron chi connectivity index (χ2n) is 8.29. The molecule has 0 radical (unpaired) electrons. The molecule has 5 rings (SSSR count). The van der Waals surface area contributed by atoms with Crippen LogP contribution in [0.3, 0.4) is 0 Å². The smallest absolute Gasteiger partial charge is 0.219 e. The molecule has 1 aromatic carbocycles. The van der Waals surface area contributed by atoms with Gasteiger partial charge in [0.25, 0.3) is 0 Å². The Morgan fingerprint density at radius 2 is 2.00 bits per heavy atom. The average molecular weight is 415 g/mol. The molecule has 1 aromatic heterocycles. The molecule has 3 heterocycles. The molecule has 1 saturated heterocycles. The maximum Gasteiger partial charge on any atom is 0.219 e. The number of amides is 1. The Hall–Kier alpha value is -3.25. The minimum atomic E-state index is 0.174. The molecule has 1 fully saturated rings. The van der Waals surface area contributed by atoms with E-state index in [1.807, 2.05) is 41.6 Å². The van der Waals surface area contributed by atoms with E-state index in [1.54, 1.807) is 6.92 Å². The van der Waals surface area contributed by atoms with E-state index in [2.05, 4.69) is 33.1 Å². The van der Waals surface area contributed by atoms with Gasteiger partial charge in [0.05, 0.1) is 6.54 Å². The van der Waals surface area contributed by atoms with Crippen LogP contribution in [0, 0.1) is 0 Å². The standard InChI is InChI=1S/C25H26N4O2/c1-18(30)29-10-8-28(9-11-29)17-19-12-20-2-4-24(14-23(20)13-19)31-25-5-3-21(16-27-25)22-6-7-26-15-22/h2-7,12,14,16H,8-11,13,15,17H2,1H3. The molecule has 158 valence electrons. The highest BCUT2D eigenvalue weighted by Crippen LogP contribution is 2.31. The van der Waals surface area contributed by atoms with Gasteiger partial charge in [-0.1, -0.05) is 17.7 Å². The summed E-state index contributed by atoms with van der Waals surface area (Å²) in [6, 6.07) is 10.2. The van der Waals surface area contributed by atoms with Gasteiger partial charge in [0.2, 0.25) is 11.8 Å². The maximum absolute atomic E-state index is 11.5. The average Bonchev–Trinajstić information content (AvgIpc) is 3.44. The number of hydrogen-bond donors (Lipinski definition) is 0. The third-order valence-electron chi connectivity index (χ3n) is 6.11. The first kappa shape index (κ1) is 19.7. The van der Waals surface area contributed by atoms with E-state index in [-0.39, 0.29) is 5.91 Å². The first-order valence-corrected chi connectivity index (χ1v) is 10.8. The van der Waals surface area contributed by atoms with E-state index in [4.69, 9.17) is 4.74 Å². The molecule has 0 unspecified atom stereocenters. The number of hydrogen-bond acceptors (Lipinski definition) is 5. The minimum Gasteiger partial charge on any atom is -0.439 e. The van der Waals surface area contributed by atoms with Crippen LogP contribution in [0.25, 0.3) is 11.6 Å². The molecule has 0 atom stereocenters. The SMILES string of the molecule is CC(=O)N1CCN(CC2=Cc3ccc(Oc4ccc(C5=CC=NC5)cn4)cc3C2)CC1. The fourth-order valence-electron chi connectivity index (χ4n) is 4.35. The quantitative estimate of drug-likeness (QED) is 0.752. The van der Waals surface area contributed by atoms with E-state index in [0.717, 1.165) is 50.5 Å². The van der Waals surface area contributed by atoms with E-state index >= 15 is 0 Å². The monoisotopic (exact) mass is 414 g/mol. The molecule has 6 nitrogen and oxygen atoms in total. The van der Waals surface area contributed by atoms with Gasteiger partial charge in [-0.05, 0) is 53.0 Å². The highest BCUT2D eigenvalue weighted by Gasteiger charge is 2.21. The summed E-state index contributed by atoms with van der Waals surface area (Å²) in [4.78, 5) is 24.5. The molecule has 1 aliphatic carbocycles. The topological polar surface area (TPSA) is 58.0 Å². The number of benzene rings is 1. The Morgan fingerprint density at radius 1 is 1.13 bits per heavy atom. The summed E-state index contributed by atoms with van der Waals surface area (Å²) in [5.41, 5.74) is 6.23. The molecular formula is C25H26N4O2. The Balaban J connectivity index is 1.18. The van der Waals surface area contributed by atoms with E-state index in [0.29, 0.717) is 12.4 Å². The molecule has 2 aromatic rings. The lowest BCUT2D eigenvalue weighted by Gasteiger charge is -2.34. The Bertz CT molecular complexity index is 1080. The maximum atomic E-state index is 11.5. The van der Waals surface area contributed by atoms with Gasteiger partial charge in [-0.25, -0.2) is 4.98 Å². The van der Waals surface area contributed by atoms with Crippen molar-refractivity contribution in [2.45, 2.75) is 13.3 Å². The lowest BCUT2D eigenvalue weighted by Crippen LogP contribution is -2.48. The van der Waals surface area contributed by atoms with Crippen LogP contribution in [0.2, 0.25) is 0 Å². The van der Waals surface area contributed by atoms with Crippen LogP contribution in [0.4, 0.5) is 0 Å². The molecule has 1 amide bonds. The van der Waals surface area contributed by atoms with Crippen molar-refractivity contribution in [2.24, 2.45) is 4.99 Å². The van der Waals surface area contributed by atoms with Crippen molar-refractivity contribution in [3.63, 3.8) is 0 Å². The molecule has 0 bridgehead atoms. The largest absolute Gasteiger partial charge is 0.439 e. The number of ether oxygens (including phenoxy) is 1. The summed E-state index contributed by atoms with van der Waals surface area (Å²) in [5, 5.41) is 0. The zero-order valence-corrected chi connectivity index (χ0v) is 17.8.